The number of hydrazine groups is 1. The van der Waals surface area contributed by atoms with Crippen molar-refractivity contribution < 1.29 is 9.53 Å². The molecule has 0 atom stereocenters. The van der Waals surface area contributed by atoms with Gasteiger partial charge in [0.25, 0.3) is 0 Å². The summed E-state index contributed by atoms with van der Waals surface area (Å²) in [6, 6.07) is 9.02. The summed E-state index contributed by atoms with van der Waals surface area (Å²) in [5, 5.41) is 10.7. The van der Waals surface area contributed by atoms with Crippen LogP contribution in [-0.2, 0) is 7.05 Å². The minimum absolute atomic E-state index is 0.446. The summed E-state index contributed by atoms with van der Waals surface area (Å²) < 4.78 is 6.96. The van der Waals surface area contributed by atoms with E-state index in [9.17, 15) is 4.79 Å². The van der Waals surface area contributed by atoms with E-state index >= 15 is 0 Å². The van der Waals surface area contributed by atoms with Gasteiger partial charge in [-0.2, -0.15) is 5.10 Å². The molecule has 10 heteroatoms. The molecule has 4 rings (SSSR count). The Kier molecular flexibility index (Phi) is 5.23. The van der Waals surface area contributed by atoms with E-state index in [1.165, 1.54) is 11.3 Å². The summed E-state index contributed by atoms with van der Waals surface area (Å²) in [4.78, 5) is 21.2. The van der Waals surface area contributed by atoms with E-state index in [-0.39, 0.29) is 0 Å². The van der Waals surface area contributed by atoms with Crippen LogP contribution in [0.3, 0.4) is 0 Å². The molecule has 3 N–H and O–H groups in total. The molecule has 4 aromatic rings. The number of benzene rings is 1. The van der Waals surface area contributed by atoms with Crippen molar-refractivity contribution in [2.45, 2.75) is 13.8 Å². The number of thiazole rings is 1. The van der Waals surface area contributed by atoms with E-state index < -0.39 is 6.03 Å². The van der Waals surface area contributed by atoms with Crippen molar-refractivity contribution in [1.29, 1.82) is 0 Å². The molecule has 0 saturated heterocycles. The molecule has 3 aromatic heterocycles. The highest BCUT2D eigenvalue weighted by atomic mass is 32.1. The molecule has 0 aliphatic carbocycles. The van der Waals surface area contributed by atoms with Crippen LogP contribution in [0.15, 0.2) is 35.7 Å². The van der Waals surface area contributed by atoms with E-state index in [2.05, 4.69) is 31.2 Å². The summed E-state index contributed by atoms with van der Waals surface area (Å²) >= 11 is 1.43. The first-order valence-electron chi connectivity index (χ1n) is 9.18. The van der Waals surface area contributed by atoms with E-state index in [1.54, 1.807) is 17.2 Å². The van der Waals surface area contributed by atoms with Gasteiger partial charge < -0.3 is 4.74 Å². The monoisotopic (exact) mass is 423 g/mol. The molecule has 0 bridgehead atoms. The number of nitrogens with one attached hydrogen (secondary N) is 3. The lowest BCUT2D eigenvalue weighted by molar-refractivity contribution is 0.253. The van der Waals surface area contributed by atoms with Gasteiger partial charge in [-0.05, 0) is 37.6 Å². The topological polar surface area (TPSA) is 106 Å². The quantitative estimate of drug-likeness (QED) is 0.421. The van der Waals surface area contributed by atoms with Crippen molar-refractivity contribution in [3.8, 4) is 16.3 Å². The van der Waals surface area contributed by atoms with Crippen molar-refractivity contribution >= 4 is 40.0 Å². The fourth-order valence-electron chi connectivity index (χ4n) is 3.21. The Labute approximate surface area is 177 Å². The number of hydrogen-bond acceptors (Lipinski definition) is 7. The molecule has 1 aromatic carbocycles. The molecule has 3 heterocycles. The van der Waals surface area contributed by atoms with Gasteiger partial charge in [0, 0.05) is 23.4 Å². The van der Waals surface area contributed by atoms with Gasteiger partial charge in [-0.3, -0.25) is 15.4 Å². The highest BCUT2D eigenvalue weighted by Gasteiger charge is 2.12. The average Bonchev–Trinajstić information content (AvgIpc) is 3.31. The van der Waals surface area contributed by atoms with Gasteiger partial charge in [0.1, 0.15) is 22.4 Å². The molecule has 0 aliphatic rings. The Bertz CT molecular complexity index is 1230. The average molecular weight is 424 g/mol. The highest BCUT2D eigenvalue weighted by Crippen LogP contribution is 2.28. The molecule has 9 nitrogen and oxygen atoms in total. The minimum atomic E-state index is -0.446. The molecular weight excluding hydrogens is 402 g/mol. The zero-order valence-electron chi connectivity index (χ0n) is 17.0. The zero-order chi connectivity index (χ0) is 21.3. The number of nitrogens with zero attached hydrogens (tertiary/aromatic N) is 4. The Hall–Kier alpha value is -3.66. The number of carbonyl (C=O) groups excluding carboxylic acids is 1. The predicted octanol–water partition coefficient (Wildman–Crippen LogP) is 3.87. The number of urea groups is 1. The number of carbonyl (C=O) groups is 1. The second kappa shape index (κ2) is 7.99. The fraction of sp³-hybridized carbons (Fsp3) is 0.200. The lowest BCUT2D eigenvalue weighted by atomic mass is 10.1. The van der Waals surface area contributed by atoms with Gasteiger partial charge in [-0.15, -0.1) is 11.3 Å². The summed E-state index contributed by atoms with van der Waals surface area (Å²) in [5.41, 5.74) is 9.04. The van der Waals surface area contributed by atoms with Gasteiger partial charge in [0.05, 0.1) is 12.8 Å². The Morgan fingerprint density at radius 1 is 1.17 bits per heavy atom. The molecular formula is C20H21N7O2S. The lowest BCUT2D eigenvalue weighted by Gasteiger charge is -2.09. The molecule has 0 aliphatic heterocycles. The molecule has 2 amide bonds. The van der Waals surface area contributed by atoms with Crippen molar-refractivity contribution in [1.82, 2.24) is 25.2 Å². The van der Waals surface area contributed by atoms with Crippen molar-refractivity contribution in [3.63, 3.8) is 0 Å². The van der Waals surface area contributed by atoms with Crippen molar-refractivity contribution in [2.75, 3.05) is 17.9 Å². The third-order valence-electron chi connectivity index (χ3n) is 4.53. The third kappa shape index (κ3) is 3.90. The van der Waals surface area contributed by atoms with Gasteiger partial charge >= 0.3 is 6.03 Å². The van der Waals surface area contributed by atoms with Gasteiger partial charge in [0.15, 0.2) is 5.65 Å². The number of methoxy groups -OCH3 is 1. The van der Waals surface area contributed by atoms with Crippen molar-refractivity contribution in [3.05, 3.63) is 47.0 Å². The first-order valence-corrected chi connectivity index (χ1v) is 10.1. The summed E-state index contributed by atoms with van der Waals surface area (Å²) in [6.07, 6.45) is 0. The highest BCUT2D eigenvalue weighted by molar-refractivity contribution is 7.13. The second-order valence-corrected chi connectivity index (χ2v) is 7.56. The maximum Gasteiger partial charge on any atom is 0.339 e. The molecule has 0 radical (unpaired) electrons. The molecule has 154 valence electrons. The van der Waals surface area contributed by atoms with Gasteiger partial charge in [-0.25, -0.2) is 20.2 Å². The largest absolute Gasteiger partial charge is 0.497 e. The standard InChI is InChI=1S/C20H21N7O2S/c1-11-8-15(21-18-17(11)12(2)26-27(18)3)24-25-20(28)23-16-10-30-19(22-16)13-6-5-7-14(9-13)29-4/h5-10H,1-4H3,(H,21,24)(H2,23,25,28). The van der Waals surface area contributed by atoms with E-state index in [0.29, 0.717) is 11.6 Å². The van der Waals surface area contributed by atoms with E-state index in [1.807, 2.05) is 51.2 Å². The Balaban J connectivity index is 1.41. The van der Waals surface area contributed by atoms with Crippen LogP contribution in [0, 0.1) is 13.8 Å². The van der Waals surface area contributed by atoms with E-state index in [0.717, 1.165) is 38.6 Å². The van der Waals surface area contributed by atoms with Crippen LogP contribution in [0.5, 0.6) is 5.75 Å². The summed E-state index contributed by atoms with van der Waals surface area (Å²) in [6.45, 7) is 3.93. The number of hydrogen-bond donors (Lipinski definition) is 3. The van der Waals surface area contributed by atoms with Gasteiger partial charge in [0.2, 0.25) is 0 Å². The number of aryl methyl sites for hydroxylation is 3. The normalized spacial score (nSPS) is 10.8. The van der Waals surface area contributed by atoms with Crippen LogP contribution in [0.1, 0.15) is 11.3 Å². The predicted molar refractivity (Wildman–Crippen MR) is 118 cm³/mol. The first-order chi connectivity index (χ1) is 14.4. The number of aromatic nitrogens is 4. The molecule has 0 fully saturated rings. The molecule has 0 unspecified atom stereocenters. The van der Waals surface area contributed by atoms with E-state index in [4.69, 9.17) is 4.74 Å². The minimum Gasteiger partial charge on any atom is -0.497 e. The molecule has 0 spiro atoms. The van der Waals surface area contributed by atoms with Crippen LogP contribution in [0.25, 0.3) is 21.6 Å². The van der Waals surface area contributed by atoms with Crippen LogP contribution < -0.4 is 20.9 Å². The lowest BCUT2D eigenvalue weighted by Crippen LogP contribution is -2.34. The number of ether oxygens (including phenoxy) is 1. The number of amides is 2. The number of fused-ring (bicyclic) bond motifs is 1. The molecule has 30 heavy (non-hydrogen) atoms. The Morgan fingerprint density at radius 3 is 2.80 bits per heavy atom. The first kappa shape index (κ1) is 19.6. The Morgan fingerprint density at radius 2 is 2.00 bits per heavy atom. The number of pyridine rings is 1. The summed E-state index contributed by atoms with van der Waals surface area (Å²) in [7, 11) is 3.46. The van der Waals surface area contributed by atoms with Crippen LogP contribution in [-0.4, -0.2) is 32.9 Å². The second-order valence-electron chi connectivity index (χ2n) is 6.71. The number of anilines is 2. The van der Waals surface area contributed by atoms with Crippen LogP contribution in [0.4, 0.5) is 16.4 Å². The van der Waals surface area contributed by atoms with Crippen LogP contribution in [0.2, 0.25) is 0 Å². The third-order valence-corrected chi connectivity index (χ3v) is 5.42. The van der Waals surface area contributed by atoms with Crippen molar-refractivity contribution in [2.24, 2.45) is 7.05 Å². The number of rotatable bonds is 5. The SMILES string of the molecule is COc1cccc(-c2nc(NC(=O)NNc3cc(C)c4c(C)nn(C)c4n3)cs2)c1. The molecule has 0 saturated carbocycles. The smallest absolute Gasteiger partial charge is 0.339 e. The van der Waals surface area contributed by atoms with Crippen LogP contribution >= 0.6 is 11.3 Å². The summed E-state index contributed by atoms with van der Waals surface area (Å²) in [5.74, 6) is 1.73. The van der Waals surface area contributed by atoms with Gasteiger partial charge in [-0.1, -0.05) is 12.1 Å². The maximum atomic E-state index is 12.3. The zero-order valence-corrected chi connectivity index (χ0v) is 17.8. The fourth-order valence-corrected chi connectivity index (χ4v) is 3.96. The maximum absolute atomic E-state index is 12.3.